The average Bonchev–Trinajstić information content (AvgIpc) is 2.26. The summed E-state index contributed by atoms with van der Waals surface area (Å²) in [4.78, 5) is 14.0. The van der Waals surface area contributed by atoms with Crippen LogP contribution in [-0.2, 0) is 0 Å². The van der Waals surface area contributed by atoms with Crippen LogP contribution in [0.5, 0.6) is 5.88 Å². The number of nitrogens with zero attached hydrogens (tertiary/aromatic N) is 4. The zero-order valence-electron chi connectivity index (χ0n) is 9.09. The molecule has 16 heavy (non-hydrogen) atoms. The van der Waals surface area contributed by atoms with Crippen LogP contribution in [0.1, 0.15) is 0 Å². The number of aliphatic imine (C=N–C) groups is 1. The lowest BCUT2D eigenvalue weighted by atomic mass is 10.6. The Morgan fingerprint density at radius 1 is 1.62 bits per heavy atom. The van der Waals surface area contributed by atoms with Crippen molar-refractivity contribution < 1.29 is 9.84 Å². The Morgan fingerprint density at radius 3 is 3.00 bits per heavy atom. The third-order valence-electron chi connectivity index (χ3n) is 1.44. The fourth-order valence-electron chi connectivity index (χ4n) is 0.820. The van der Waals surface area contributed by atoms with E-state index in [4.69, 9.17) is 9.84 Å². The van der Waals surface area contributed by atoms with Gasteiger partial charge >= 0.3 is 0 Å². The van der Waals surface area contributed by atoms with Crippen molar-refractivity contribution in [2.24, 2.45) is 4.99 Å². The average molecular weight is 289 g/mol. The van der Waals surface area contributed by atoms with E-state index in [1.807, 2.05) is 14.1 Å². The molecule has 1 rings (SSSR count). The highest BCUT2D eigenvalue weighted by molar-refractivity contribution is 9.10. The van der Waals surface area contributed by atoms with Crippen LogP contribution >= 0.6 is 15.9 Å². The largest absolute Gasteiger partial charge is 0.473 e. The molecule has 0 saturated heterocycles. The molecule has 1 N–H and O–H groups in total. The molecular formula is C9H13BrN4O2. The summed E-state index contributed by atoms with van der Waals surface area (Å²) in [5.74, 6) is 0.771. The van der Waals surface area contributed by atoms with Gasteiger partial charge in [0.2, 0.25) is 5.88 Å². The minimum Gasteiger partial charge on any atom is -0.473 e. The Labute approximate surface area is 102 Å². The number of aliphatic hydroxyl groups excluding tert-OH is 1. The summed E-state index contributed by atoms with van der Waals surface area (Å²) in [6, 6.07) is 0. The highest BCUT2D eigenvalue weighted by Crippen LogP contribution is 2.22. The van der Waals surface area contributed by atoms with Gasteiger partial charge in [0.15, 0.2) is 10.4 Å². The molecule has 6 nitrogen and oxygen atoms in total. The lowest BCUT2D eigenvalue weighted by Crippen LogP contribution is -2.07. The second-order valence-electron chi connectivity index (χ2n) is 3.10. The molecule has 0 aromatic carbocycles. The number of hydrogen-bond donors (Lipinski definition) is 1. The van der Waals surface area contributed by atoms with Crippen molar-refractivity contribution in [2.45, 2.75) is 0 Å². The zero-order chi connectivity index (χ0) is 12.0. The minimum atomic E-state index is -0.0701. The first-order valence-corrected chi connectivity index (χ1v) is 5.39. The fourth-order valence-corrected chi connectivity index (χ4v) is 1.13. The lowest BCUT2D eigenvalue weighted by Gasteiger charge is -2.05. The molecule has 0 aliphatic heterocycles. The van der Waals surface area contributed by atoms with E-state index < -0.39 is 0 Å². The van der Waals surface area contributed by atoms with E-state index in [0.29, 0.717) is 16.3 Å². The maximum Gasteiger partial charge on any atom is 0.249 e. The van der Waals surface area contributed by atoms with E-state index in [0.717, 1.165) is 0 Å². The molecule has 0 saturated carbocycles. The summed E-state index contributed by atoms with van der Waals surface area (Å²) in [6.07, 6.45) is 3.14. The molecular weight excluding hydrogens is 276 g/mol. The zero-order valence-corrected chi connectivity index (χ0v) is 10.7. The van der Waals surface area contributed by atoms with Crippen LogP contribution in [0.3, 0.4) is 0 Å². The van der Waals surface area contributed by atoms with Crippen LogP contribution in [0, 0.1) is 0 Å². The Hall–Kier alpha value is -1.21. The first kappa shape index (κ1) is 12.9. The van der Waals surface area contributed by atoms with E-state index >= 15 is 0 Å². The molecule has 0 amide bonds. The molecule has 1 heterocycles. The molecule has 0 radical (unpaired) electrons. The number of aromatic nitrogens is 2. The van der Waals surface area contributed by atoms with Crippen LogP contribution < -0.4 is 4.74 Å². The van der Waals surface area contributed by atoms with Crippen molar-refractivity contribution in [3.05, 3.63) is 10.8 Å². The second-order valence-corrected chi connectivity index (χ2v) is 3.86. The molecule has 1 aromatic rings. The van der Waals surface area contributed by atoms with Gasteiger partial charge in [0.1, 0.15) is 6.61 Å². The van der Waals surface area contributed by atoms with Gasteiger partial charge in [-0.05, 0) is 15.9 Å². The third kappa shape index (κ3) is 4.11. The maximum absolute atomic E-state index is 8.64. The molecule has 0 unspecified atom stereocenters. The lowest BCUT2D eigenvalue weighted by molar-refractivity contribution is 0.195. The summed E-state index contributed by atoms with van der Waals surface area (Å²) in [6.45, 7) is 0.105. The molecule has 0 aliphatic carbocycles. The molecule has 1 aromatic heterocycles. The molecule has 0 fully saturated rings. The standard InChI is InChI=1S/C9H13BrN4O2/c1-14(2)6-12-7-5-11-8(10)9(13-7)16-4-3-15/h5-6,15H,3-4H2,1-2H3/b12-6+. The maximum atomic E-state index is 8.64. The van der Waals surface area contributed by atoms with E-state index in [2.05, 4.69) is 30.9 Å². The summed E-state index contributed by atoms with van der Waals surface area (Å²) in [5.41, 5.74) is 0. The molecule has 0 bridgehead atoms. The van der Waals surface area contributed by atoms with Gasteiger partial charge in [-0.2, -0.15) is 4.98 Å². The van der Waals surface area contributed by atoms with Crippen molar-refractivity contribution in [3.63, 3.8) is 0 Å². The highest BCUT2D eigenvalue weighted by atomic mass is 79.9. The first-order valence-electron chi connectivity index (χ1n) is 4.60. The molecule has 0 atom stereocenters. The quantitative estimate of drug-likeness (QED) is 0.642. The van der Waals surface area contributed by atoms with E-state index in [-0.39, 0.29) is 13.2 Å². The SMILES string of the molecule is CN(C)/C=N/c1cnc(Br)c(OCCO)n1. The number of rotatable bonds is 5. The predicted molar refractivity (Wildman–Crippen MR) is 64.2 cm³/mol. The van der Waals surface area contributed by atoms with Crippen molar-refractivity contribution >= 4 is 28.1 Å². The third-order valence-corrected chi connectivity index (χ3v) is 1.98. The van der Waals surface area contributed by atoms with Gasteiger partial charge < -0.3 is 14.7 Å². The van der Waals surface area contributed by atoms with Crippen LogP contribution in [-0.4, -0.2) is 53.6 Å². The molecule has 0 aliphatic rings. The van der Waals surface area contributed by atoms with Gasteiger partial charge in [-0.25, -0.2) is 9.98 Å². The predicted octanol–water partition coefficient (Wildman–Crippen LogP) is 0.832. The van der Waals surface area contributed by atoms with Crippen molar-refractivity contribution in [1.29, 1.82) is 0 Å². The topological polar surface area (TPSA) is 70.8 Å². The van der Waals surface area contributed by atoms with Gasteiger partial charge in [0.25, 0.3) is 0 Å². The number of hydrogen-bond acceptors (Lipinski definition) is 5. The van der Waals surface area contributed by atoms with Gasteiger partial charge in [-0.3, -0.25) is 0 Å². The second kappa shape index (κ2) is 6.39. The van der Waals surface area contributed by atoms with Crippen molar-refractivity contribution in [3.8, 4) is 5.88 Å². The summed E-state index contributed by atoms with van der Waals surface area (Å²) in [5, 5.41) is 8.64. The van der Waals surface area contributed by atoms with E-state index in [9.17, 15) is 0 Å². The Balaban J connectivity index is 2.80. The number of halogens is 1. The summed E-state index contributed by atoms with van der Waals surface area (Å²) in [7, 11) is 3.72. The normalized spacial score (nSPS) is 10.8. The minimum absolute atomic E-state index is 0.0701. The van der Waals surface area contributed by atoms with Gasteiger partial charge in [0, 0.05) is 14.1 Å². The van der Waals surface area contributed by atoms with Gasteiger partial charge in [0.05, 0.1) is 19.1 Å². The Kier molecular flexibility index (Phi) is 5.13. The molecule has 0 spiro atoms. The van der Waals surface area contributed by atoms with Crippen LogP contribution in [0.2, 0.25) is 0 Å². The van der Waals surface area contributed by atoms with Gasteiger partial charge in [-0.15, -0.1) is 0 Å². The van der Waals surface area contributed by atoms with Crippen molar-refractivity contribution in [1.82, 2.24) is 14.9 Å². The molecule has 7 heteroatoms. The highest BCUT2D eigenvalue weighted by Gasteiger charge is 2.05. The Bertz CT molecular complexity index is 371. The summed E-state index contributed by atoms with van der Waals surface area (Å²) >= 11 is 3.20. The van der Waals surface area contributed by atoms with Gasteiger partial charge in [-0.1, -0.05) is 0 Å². The monoisotopic (exact) mass is 288 g/mol. The number of ether oxygens (including phenoxy) is 1. The Morgan fingerprint density at radius 2 is 2.38 bits per heavy atom. The van der Waals surface area contributed by atoms with Crippen LogP contribution in [0.4, 0.5) is 5.82 Å². The smallest absolute Gasteiger partial charge is 0.249 e. The van der Waals surface area contributed by atoms with Crippen molar-refractivity contribution in [2.75, 3.05) is 27.3 Å². The van der Waals surface area contributed by atoms with Crippen LogP contribution in [0.15, 0.2) is 15.8 Å². The molecule has 88 valence electrons. The number of aliphatic hydroxyl groups is 1. The van der Waals surface area contributed by atoms with Crippen LogP contribution in [0.25, 0.3) is 0 Å². The fraction of sp³-hybridized carbons (Fsp3) is 0.444. The van der Waals surface area contributed by atoms with E-state index in [1.165, 1.54) is 6.20 Å². The first-order chi connectivity index (χ1) is 7.63. The summed E-state index contributed by atoms with van der Waals surface area (Å²) < 4.78 is 5.67. The van der Waals surface area contributed by atoms with E-state index in [1.54, 1.807) is 11.2 Å².